The molecule has 4 rings (SSSR count). The minimum atomic E-state index is 0.172. The van der Waals surface area contributed by atoms with Crippen LogP contribution >= 0.6 is 0 Å². The van der Waals surface area contributed by atoms with Gasteiger partial charge in [-0.2, -0.15) is 0 Å². The Bertz CT molecular complexity index is 690. The van der Waals surface area contributed by atoms with Crippen molar-refractivity contribution in [2.45, 2.75) is 18.9 Å². The Morgan fingerprint density at radius 3 is 2.75 bits per heavy atom. The van der Waals surface area contributed by atoms with Crippen molar-refractivity contribution in [3.63, 3.8) is 0 Å². The molecule has 2 bridgehead atoms. The van der Waals surface area contributed by atoms with Crippen molar-refractivity contribution < 1.29 is 0 Å². The third kappa shape index (κ3) is 1.81. The van der Waals surface area contributed by atoms with Gasteiger partial charge in [-0.1, -0.05) is 30.3 Å². The number of nitrogens with zero attached hydrogens (tertiary/aromatic N) is 1. The largest absolute Gasteiger partial charge is 0.316 e. The zero-order valence-electron chi connectivity index (χ0n) is 11.4. The number of piperidine rings is 1. The topological polar surface area (TPSA) is 34.0 Å². The van der Waals surface area contributed by atoms with Crippen molar-refractivity contribution in [1.82, 2.24) is 9.88 Å². The van der Waals surface area contributed by atoms with E-state index in [2.05, 4.69) is 11.4 Å². The van der Waals surface area contributed by atoms with Gasteiger partial charge in [0.15, 0.2) is 0 Å². The molecule has 1 N–H and O–H groups in total. The van der Waals surface area contributed by atoms with Gasteiger partial charge < -0.3 is 9.88 Å². The van der Waals surface area contributed by atoms with Crippen LogP contribution in [0.1, 0.15) is 18.0 Å². The third-order valence-corrected chi connectivity index (χ3v) is 4.59. The predicted octanol–water partition coefficient (Wildman–Crippen LogP) is 2.22. The van der Waals surface area contributed by atoms with Gasteiger partial charge in [0.25, 0.3) is 5.56 Å². The Morgan fingerprint density at radius 2 is 1.90 bits per heavy atom. The van der Waals surface area contributed by atoms with Gasteiger partial charge in [0, 0.05) is 30.3 Å². The SMILES string of the molecule is O=c1c(-c2ccccc2)ccc2n1CC1CNCC2C1. The first-order chi connectivity index (χ1) is 9.83. The van der Waals surface area contributed by atoms with Crippen LogP contribution in [-0.2, 0) is 6.54 Å². The van der Waals surface area contributed by atoms with Crippen LogP contribution < -0.4 is 10.9 Å². The maximum atomic E-state index is 12.8. The Morgan fingerprint density at radius 1 is 1.05 bits per heavy atom. The average Bonchev–Trinajstić information content (AvgIpc) is 2.50. The van der Waals surface area contributed by atoms with Crippen molar-refractivity contribution in [2.24, 2.45) is 5.92 Å². The fourth-order valence-corrected chi connectivity index (χ4v) is 3.63. The van der Waals surface area contributed by atoms with E-state index in [-0.39, 0.29) is 5.56 Å². The molecule has 3 heteroatoms. The van der Waals surface area contributed by atoms with Crippen molar-refractivity contribution in [3.05, 3.63) is 58.5 Å². The van der Waals surface area contributed by atoms with E-state index in [1.165, 1.54) is 12.1 Å². The van der Waals surface area contributed by atoms with E-state index < -0.39 is 0 Å². The molecule has 0 saturated carbocycles. The Kier molecular flexibility index (Phi) is 2.74. The number of pyridine rings is 1. The fourth-order valence-electron chi connectivity index (χ4n) is 3.63. The molecule has 2 atom stereocenters. The van der Waals surface area contributed by atoms with Crippen LogP contribution in [0.4, 0.5) is 0 Å². The smallest absolute Gasteiger partial charge is 0.258 e. The number of benzene rings is 1. The van der Waals surface area contributed by atoms with E-state index in [9.17, 15) is 4.79 Å². The molecule has 3 nitrogen and oxygen atoms in total. The van der Waals surface area contributed by atoms with Crippen molar-refractivity contribution >= 4 is 0 Å². The maximum absolute atomic E-state index is 12.8. The maximum Gasteiger partial charge on any atom is 0.258 e. The molecule has 0 aliphatic carbocycles. The minimum Gasteiger partial charge on any atom is -0.316 e. The molecule has 0 amide bonds. The molecule has 0 spiro atoms. The lowest BCUT2D eigenvalue weighted by Gasteiger charge is -2.37. The van der Waals surface area contributed by atoms with E-state index in [1.807, 2.05) is 41.0 Å². The summed E-state index contributed by atoms with van der Waals surface area (Å²) < 4.78 is 2.02. The lowest BCUT2D eigenvalue weighted by molar-refractivity contribution is 0.257. The van der Waals surface area contributed by atoms with Crippen molar-refractivity contribution in [3.8, 4) is 11.1 Å². The molecule has 1 aromatic carbocycles. The van der Waals surface area contributed by atoms with Crippen LogP contribution in [0.25, 0.3) is 11.1 Å². The van der Waals surface area contributed by atoms with Crippen LogP contribution in [0.15, 0.2) is 47.3 Å². The number of fused-ring (bicyclic) bond motifs is 4. The summed E-state index contributed by atoms with van der Waals surface area (Å²) >= 11 is 0. The van der Waals surface area contributed by atoms with Gasteiger partial charge in [-0.15, -0.1) is 0 Å². The highest BCUT2D eigenvalue weighted by Gasteiger charge is 2.31. The number of nitrogens with one attached hydrogen (secondary N) is 1. The molecule has 102 valence electrons. The molecule has 0 radical (unpaired) electrons. The first kappa shape index (κ1) is 11.9. The van der Waals surface area contributed by atoms with Crippen molar-refractivity contribution in [2.75, 3.05) is 13.1 Å². The molecule has 1 aromatic heterocycles. The second-order valence-electron chi connectivity index (χ2n) is 5.91. The summed E-state index contributed by atoms with van der Waals surface area (Å²) in [5.41, 5.74) is 3.22. The molecular weight excluding hydrogens is 248 g/mol. The second kappa shape index (κ2) is 4.60. The van der Waals surface area contributed by atoms with Gasteiger partial charge in [0.1, 0.15) is 0 Å². The zero-order valence-corrected chi connectivity index (χ0v) is 11.4. The molecule has 1 fully saturated rings. The zero-order chi connectivity index (χ0) is 13.5. The third-order valence-electron chi connectivity index (χ3n) is 4.59. The van der Waals surface area contributed by atoms with Crippen LogP contribution in [-0.4, -0.2) is 17.7 Å². The number of rotatable bonds is 1. The second-order valence-corrected chi connectivity index (χ2v) is 5.91. The Hall–Kier alpha value is -1.87. The summed E-state index contributed by atoms with van der Waals surface area (Å²) in [7, 11) is 0. The van der Waals surface area contributed by atoms with Crippen LogP contribution in [0.2, 0.25) is 0 Å². The molecule has 2 aliphatic rings. The number of hydrogen-bond acceptors (Lipinski definition) is 2. The number of hydrogen-bond donors (Lipinski definition) is 1. The van der Waals surface area contributed by atoms with E-state index in [0.717, 1.165) is 30.8 Å². The minimum absolute atomic E-state index is 0.172. The molecule has 2 unspecified atom stereocenters. The van der Waals surface area contributed by atoms with Gasteiger partial charge in [-0.25, -0.2) is 0 Å². The van der Waals surface area contributed by atoms with Gasteiger partial charge in [0.2, 0.25) is 0 Å². The first-order valence-electron chi connectivity index (χ1n) is 7.33. The standard InChI is InChI=1S/C17H18N2O/c20-17-15(13-4-2-1-3-5-13)6-7-16-14-8-12(9-18-10-14)11-19(16)17/h1-7,12,14,18H,8-11H2. The average molecular weight is 266 g/mol. The summed E-state index contributed by atoms with van der Waals surface area (Å²) in [6.45, 7) is 2.90. The van der Waals surface area contributed by atoms with Gasteiger partial charge in [-0.05, 0) is 36.6 Å². The fraction of sp³-hybridized carbons (Fsp3) is 0.353. The molecule has 3 heterocycles. The Labute approximate surface area is 118 Å². The molecule has 2 aliphatic heterocycles. The molecule has 2 aromatic rings. The Balaban J connectivity index is 1.86. The summed E-state index contributed by atoms with van der Waals surface area (Å²) in [6, 6.07) is 14.1. The van der Waals surface area contributed by atoms with E-state index >= 15 is 0 Å². The van der Waals surface area contributed by atoms with E-state index in [4.69, 9.17) is 0 Å². The molecular formula is C17H18N2O. The highest BCUT2D eigenvalue weighted by atomic mass is 16.1. The summed E-state index contributed by atoms with van der Waals surface area (Å²) in [4.78, 5) is 12.8. The van der Waals surface area contributed by atoms with Crippen LogP contribution in [0, 0.1) is 5.92 Å². The van der Waals surface area contributed by atoms with E-state index in [0.29, 0.717) is 11.8 Å². The van der Waals surface area contributed by atoms with Gasteiger partial charge in [0.05, 0.1) is 0 Å². The predicted molar refractivity (Wildman–Crippen MR) is 79.9 cm³/mol. The van der Waals surface area contributed by atoms with Gasteiger partial charge in [-0.3, -0.25) is 4.79 Å². The quantitative estimate of drug-likeness (QED) is 0.858. The normalized spacial score (nSPS) is 24.2. The van der Waals surface area contributed by atoms with Crippen LogP contribution in [0.3, 0.4) is 0 Å². The van der Waals surface area contributed by atoms with E-state index in [1.54, 1.807) is 0 Å². The van der Waals surface area contributed by atoms with Gasteiger partial charge >= 0.3 is 0 Å². The molecule has 1 saturated heterocycles. The lowest BCUT2D eigenvalue weighted by atomic mass is 9.84. The summed E-state index contributed by atoms with van der Waals surface area (Å²) in [6.07, 6.45) is 1.22. The number of aromatic nitrogens is 1. The summed E-state index contributed by atoms with van der Waals surface area (Å²) in [5, 5.41) is 3.48. The highest BCUT2D eigenvalue weighted by molar-refractivity contribution is 5.62. The van der Waals surface area contributed by atoms with Crippen molar-refractivity contribution in [1.29, 1.82) is 0 Å². The lowest BCUT2D eigenvalue weighted by Crippen LogP contribution is -2.45. The highest BCUT2D eigenvalue weighted by Crippen LogP contribution is 2.32. The molecule has 20 heavy (non-hydrogen) atoms. The monoisotopic (exact) mass is 266 g/mol. The first-order valence-corrected chi connectivity index (χ1v) is 7.33. The summed E-state index contributed by atoms with van der Waals surface area (Å²) in [5.74, 6) is 1.10. The van der Waals surface area contributed by atoms with Crippen LogP contribution in [0.5, 0.6) is 0 Å².